The fourth-order valence-electron chi connectivity index (χ4n) is 5.29. The molecule has 0 aliphatic carbocycles. The summed E-state index contributed by atoms with van der Waals surface area (Å²) >= 11 is 0. The minimum atomic E-state index is -0.368. The summed E-state index contributed by atoms with van der Waals surface area (Å²) in [6, 6.07) is 20.9. The maximum atomic E-state index is 12.9. The van der Waals surface area contributed by atoms with Gasteiger partial charge in [-0.25, -0.2) is 21.2 Å². The minimum absolute atomic E-state index is 0.278. The van der Waals surface area contributed by atoms with Gasteiger partial charge in [-0.15, -0.1) is 0 Å². The Hall–Kier alpha value is -3.76. The van der Waals surface area contributed by atoms with E-state index in [9.17, 15) is 9.59 Å². The molecule has 0 saturated carbocycles. The van der Waals surface area contributed by atoms with Crippen LogP contribution in [0.4, 0.5) is 4.79 Å². The molecule has 1 unspecified atom stereocenters. The maximum absolute atomic E-state index is 12.9. The van der Waals surface area contributed by atoms with Gasteiger partial charge in [-0.1, -0.05) is 48.5 Å². The second-order valence-corrected chi connectivity index (χ2v) is 9.75. The van der Waals surface area contributed by atoms with Crippen LogP contribution in [0.2, 0.25) is 0 Å². The van der Waals surface area contributed by atoms with Gasteiger partial charge in [-0.3, -0.25) is 14.6 Å². The fourth-order valence-corrected chi connectivity index (χ4v) is 5.29. The molecule has 4 N–H and O–H groups in total. The molecule has 0 radical (unpaired) electrons. The van der Waals surface area contributed by atoms with E-state index in [1.165, 1.54) is 16.7 Å². The Morgan fingerprint density at radius 1 is 0.973 bits per heavy atom. The van der Waals surface area contributed by atoms with Gasteiger partial charge >= 0.3 is 6.09 Å². The first-order valence-corrected chi connectivity index (χ1v) is 12.6. The summed E-state index contributed by atoms with van der Waals surface area (Å²) in [5, 5.41) is 4.40. The molecule has 0 aromatic heterocycles. The number of carbonyl (C=O) groups excluding carboxylic acids is 2. The van der Waals surface area contributed by atoms with E-state index in [1.54, 1.807) is 23.1 Å². The number of hydrogen-bond acceptors (Lipinski definition) is 7. The first kappa shape index (κ1) is 23.6. The SMILES string of the molecule is NN1NC(c2ccc(OC(=O)N3Cc4ccc(CN5CCNCC5)cc4C3)cc2)c2ccccc2C1=O. The number of hydrogen-bond donors (Lipinski definition) is 3. The van der Waals surface area contributed by atoms with E-state index in [0.29, 0.717) is 24.4 Å². The number of rotatable bonds is 4. The average molecular weight is 499 g/mol. The van der Waals surface area contributed by atoms with Crippen molar-refractivity contribution in [1.29, 1.82) is 0 Å². The third-order valence-electron chi connectivity index (χ3n) is 7.27. The molecule has 3 aromatic rings. The lowest BCUT2D eigenvalue weighted by atomic mass is 9.93. The first-order valence-electron chi connectivity index (χ1n) is 12.6. The highest BCUT2D eigenvalue weighted by molar-refractivity contribution is 5.96. The van der Waals surface area contributed by atoms with Crippen LogP contribution in [0, 0.1) is 0 Å². The summed E-state index contributed by atoms with van der Waals surface area (Å²) in [6.45, 7) is 6.19. The van der Waals surface area contributed by atoms with E-state index in [-0.39, 0.29) is 18.0 Å². The molecule has 37 heavy (non-hydrogen) atoms. The van der Waals surface area contributed by atoms with Gasteiger partial charge in [-0.05, 0) is 46.0 Å². The van der Waals surface area contributed by atoms with Crippen molar-refractivity contribution in [3.8, 4) is 5.75 Å². The van der Waals surface area contributed by atoms with Gasteiger partial charge in [0.2, 0.25) is 0 Å². The van der Waals surface area contributed by atoms with Crippen molar-refractivity contribution in [1.82, 2.24) is 25.7 Å². The molecular formula is C28H30N6O3. The minimum Gasteiger partial charge on any atom is -0.410 e. The predicted octanol–water partition coefficient (Wildman–Crippen LogP) is 2.53. The van der Waals surface area contributed by atoms with Crippen LogP contribution in [0.5, 0.6) is 5.75 Å². The summed E-state index contributed by atoms with van der Waals surface area (Å²) in [5.74, 6) is 6.06. The lowest BCUT2D eigenvalue weighted by Gasteiger charge is -2.32. The van der Waals surface area contributed by atoms with Crippen molar-refractivity contribution < 1.29 is 14.3 Å². The van der Waals surface area contributed by atoms with Gasteiger partial charge in [0.25, 0.3) is 5.91 Å². The molecule has 3 aliphatic rings. The van der Waals surface area contributed by atoms with Gasteiger partial charge < -0.3 is 10.1 Å². The number of piperazine rings is 1. The van der Waals surface area contributed by atoms with E-state index in [1.807, 2.05) is 30.3 Å². The number of fused-ring (bicyclic) bond motifs is 2. The summed E-state index contributed by atoms with van der Waals surface area (Å²) in [4.78, 5) is 29.5. The van der Waals surface area contributed by atoms with E-state index in [0.717, 1.165) is 49.0 Å². The fraction of sp³-hybridized carbons (Fsp3) is 0.286. The van der Waals surface area contributed by atoms with Gasteiger partial charge in [0.05, 0.1) is 6.04 Å². The third-order valence-corrected chi connectivity index (χ3v) is 7.27. The lowest BCUT2D eigenvalue weighted by molar-refractivity contribution is 0.0596. The van der Waals surface area contributed by atoms with Crippen LogP contribution >= 0.6 is 0 Å². The molecule has 6 rings (SSSR count). The van der Waals surface area contributed by atoms with Crippen molar-refractivity contribution in [3.05, 3.63) is 100 Å². The van der Waals surface area contributed by atoms with Crippen LogP contribution in [-0.2, 0) is 19.6 Å². The van der Waals surface area contributed by atoms with Crippen LogP contribution in [0.3, 0.4) is 0 Å². The molecule has 2 amide bonds. The monoisotopic (exact) mass is 498 g/mol. The summed E-state index contributed by atoms with van der Waals surface area (Å²) < 4.78 is 5.69. The molecule has 0 spiro atoms. The number of nitrogens with zero attached hydrogens (tertiary/aromatic N) is 3. The maximum Gasteiger partial charge on any atom is 0.415 e. The smallest absolute Gasteiger partial charge is 0.410 e. The second-order valence-electron chi connectivity index (χ2n) is 9.75. The third kappa shape index (κ3) is 4.82. The Kier molecular flexibility index (Phi) is 6.35. The molecule has 1 atom stereocenters. The van der Waals surface area contributed by atoms with Crippen LogP contribution in [0.15, 0.2) is 66.7 Å². The topological polar surface area (TPSA) is 103 Å². The summed E-state index contributed by atoms with van der Waals surface area (Å²) in [5.41, 5.74) is 8.97. The number of nitrogens with two attached hydrogens (primary N) is 1. The highest BCUT2D eigenvalue weighted by atomic mass is 16.6. The van der Waals surface area contributed by atoms with E-state index in [2.05, 4.69) is 33.8 Å². The van der Waals surface area contributed by atoms with Crippen molar-refractivity contribution in [3.63, 3.8) is 0 Å². The molecule has 3 aliphatic heterocycles. The number of nitrogens with one attached hydrogen (secondary N) is 2. The van der Waals surface area contributed by atoms with Gasteiger partial charge in [0, 0.05) is 51.4 Å². The van der Waals surface area contributed by atoms with Crippen LogP contribution in [0.25, 0.3) is 0 Å². The number of hydrazine groups is 2. The molecule has 1 saturated heterocycles. The van der Waals surface area contributed by atoms with Gasteiger partial charge in [0.15, 0.2) is 0 Å². The molecule has 9 heteroatoms. The normalized spacial score (nSPS) is 19.5. The quantitative estimate of drug-likeness (QED) is 0.375. The summed E-state index contributed by atoms with van der Waals surface area (Å²) in [7, 11) is 0. The number of ether oxygens (including phenoxy) is 1. The van der Waals surface area contributed by atoms with Gasteiger partial charge in [-0.2, -0.15) is 0 Å². The highest BCUT2D eigenvalue weighted by Gasteiger charge is 2.30. The van der Waals surface area contributed by atoms with Gasteiger partial charge in [0.1, 0.15) is 5.75 Å². The molecule has 0 bridgehead atoms. The zero-order valence-electron chi connectivity index (χ0n) is 20.5. The molecule has 3 heterocycles. The highest BCUT2D eigenvalue weighted by Crippen LogP contribution is 2.31. The lowest BCUT2D eigenvalue weighted by Crippen LogP contribution is -2.53. The van der Waals surface area contributed by atoms with Crippen molar-refractivity contribution in [2.75, 3.05) is 26.2 Å². The Balaban J connectivity index is 1.10. The second kappa shape index (κ2) is 9.95. The zero-order valence-corrected chi connectivity index (χ0v) is 20.5. The number of carbonyl (C=O) groups is 2. The largest absolute Gasteiger partial charge is 0.415 e. The molecule has 9 nitrogen and oxygen atoms in total. The molecule has 1 fully saturated rings. The molecular weight excluding hydrogens is 468 g/mol. The van der Waals surface area contributed by atoms with E-state index >= 15 is 0 Å². The van der Waals surface area contributed by atoms with E-state index < -0.39 is 0 Å². The Labute approximate surface area is 215 Å². The Morgan fingerprint density at radius 3 is 2.54 bits per heavy atom. The zero-order chi connectivity index (χ0) is 25.4. The molecule has 190 valence electrons. The average Bonchev–Trinajstić information content (AvgIpc) is 3.36. The van der Waals surface area contributed by atoms with Crippen molar-refractivity contribution >= 4 is 12.0 Å². The number of amides is 2. The first-order chi connectivity index (χ1) is 18.0. The van der Waals surface area contributed by atoms with Crippen LogP contribution in [0.1, 0.15) is 44.2 Å². The summed E-state index contributed by atoms with van der Waals surface area (Å²) in [6.07, 6.45) is -0.368. The van der Waals surface area contributed by atoms with Crippen molar-refractivity contribution in [2.45, 2.75) is 25.7 Å². The Morgan fingerprint density at radius 2 is 1.73 bits per heavy atom. The standard InChI is InChI=1S/C28H30N6O3/c29-34-27(35)25-4-2-1-3-24(25)26(31-34)20-7-9-23(10-8-20)37-28(36)33-17-21-6-5-19(15-22(21)18-33)16-32-13-11-30-12-14-32/h1-10,15,26,30-31H,11-14,16-18,29H2. The van der Waals surface area contributed by atoms with E-state index in [4.69, 9.17) is 10.6 Å². The van der Waals surface area contributed by atoms with Crippen molar-refractivity contribution in [2.24, 2.45) is 5.84 Å². The predicted molar refractivity (Wildman–Crippen MR) is 138 cm³/mol. The molecule has 3 aromatic carbocycles. The van der Waals surface area contributed by atoms with Crippen LogP contribution in [-0.4, -0.2) is 53.1 Å². The number of benzene rings is 3. The Bertz CT molecular complexity index is 1320. The van der Waals surface area contributed by atoms with Crippen LogP contribution < -0.4 is 21.3 Å².